The van der Waals surface area contributed by atoms with E-state index >= 15 is 0 Å². The maximum Gasteiger partial charge on any atom is 0.137 e. The minimum absolute atomic E-state index is 0. The van der Waals surface area contributed by atoms with Crippen molar-refractivity contribution in [1.29, 1.82) is 0 Å². The van der Waals surface area contributed by atoms with E-state index in [1.54, 1.807) is 12.4 Å². The summed E-state index contributed by atoms with van der Waals surface area (Å²) < 4.78 is 5.66. The molecule has 2 aliphatic rings. The summed E-state index contributed by atoms with van der Waals surface area (Å²) in [7, 11) is 0. The van der Waals surface area contributed by atoms with Crippen molar-refractivity contribution in [2.45, 2.75) is 12.5 Å². The average molecular weight is 227 g/mol. The molecular weight excluding hydrogens is 212 g/mol. The molecule has 1 aliphatic heterocycles. The van der Waals surface area contributed by atoms with Crippen molar-refractivity contribution in [2.24, 2.45) is 11.8 Å². The second-order valence-electron chi connectivity index (χ2n) is 4.17. The molecule has 3 nitrogen and oxygen atoms in total. The van der Waals surface area contributed by atoms with E-state index in [1.807, 2.05) is 12.1 Å². The highest BCUT2D eigenvalue weighted by molar-refractivity contribution is 5.85. The fourth-order valence-electron chi connectivity index (χ4n) is 2.25. The number of pyridine rings is 1. The van der Waals surface area contributed by atoms with Gasteiger partial charge in [-0.1, -0.05) is 0 Å². The molecule has 1 aliphatic carbocycles. The summed E-state index contributed by atoms with van der Waals surface area (Å²) in [5.74, 6) is 2.70. The molecule has 15 heavy (non-hydrogen) atoms. The van der Waals surface area contributed by atoms with E-state index in [1.165, 1.54) is 13.0 Å². The van der Waals surface area contributed by atoms with E-state index in [2.05, 4.69) is 10.3 Å². The molecule has 2 heterocycles. The predicted molar refractivity (Wildman–Crippen MR) is 60.4 cm³/mol. The van der Waals surface area contributed by atoms with Crippen LogP contribution in [-0.4, -0.2) is 24.2 Å². The monoisotopic (exact) mass is 226 g/mol. The summed E-state index contributed by atoms with van der Waals surface area (Å²) in [6.07, 6.45) is 4.92. The van der Waals surface area contributed by atoms with Crippen LogP contribution in [0.15, 0.2) is 24.5 Å². The highest BCUT2D eigenvalue weighted by atomic mass is 35.5. The standard InChI is InChI=1S/C11H14N2O.ClH/c1-2-9(6-12-3-1)14-7-11-10-4-8(10)5-13-11;/h1-3,6,8,10-11,13H,4-5,7H2;1H/t8-,10-,11+;/m0./s1. The Bertz CT molecular complexity index is 320. The molecule has 3 atom stereocenters. The third kappa shape index (κ3) is 2.24. The Labute approximate surface area is 95.6 Å². The smallest absolute Gasteiger partial charge is 0.137 e. The van der Waals surface area contributed by atoms with Gasteiger partial charge in [0.25, 0.3) is 0 Å². The van der Waals surface area contributed by atoms with Crippen LogP contribution in [0.25, 0.3) is 0 Å². The molecule has 4 heteroatoms. The number of fused-ring (bicyclic) bond motifs is 1. The van der Waals surface area contributed by atoms with Gasteiger partial charge >= 0.3 is 0 Å². The van der Waals surface area contributed by atoms with Crippen LogP contribution in [-0.2, 0) is 0 Å². The van der Waals surface area contributed by atoms with Gasteiger partial charge in [-0.3, -0.25) is 4.98 Å². The van der Waals surface area contributed by atoms with Crippen molar-refractivity contribution in [3.63, 3.8) is 0 Å². The first-order chi connectivity index (χ1) is 6.93. The summed E-state index contributed by atoms with van der Waals surface area (Å²) in [4.78, 5) is 4.01. The van der Waals surface area contributed by atoms with Crippen molar-refractivity contribution in [2.75, 3.05) is 13.2 Å². The lowest BCUT2D eigenvalue weighted by Gasteiger charge is -2.13. The lowest BCUT2D eigenvalue weighted by molar-refractivity contribution is 0.263. The van der Waals surface area contributed by atoms with Gasteiger partial charge in [0.1, 0.15) is 12.4 Å². The van der Waals surface area contributed by atoms with Crippen LogP contribution in [0.5, 0.6) is 5.75 Å². The van der Waals surface area contributed by atoms with E-state index in [9.17, 15) is 0 Å². The molecule has 2 fully saturated rings. The number of nitrogens with zero attached hydrogens (tertiary/aromatic N) is 1. The summed E-state index contributed by atoms with van der Waals surface area (Å²) in [6, 6.07) is 4.42. The van der Waals surface area contributed by atoms with Crippen LogP contribution in [0.1, 0.15) is 6.42 Å². The van der Waals surface area contributed by atoms with Gasteiger partial charge in [0.2, 0.25) is 0 Å². The summed E-state index contributed by atoms with van der Waals surface area (Å²) in [6.45, 7) is 1.97. The number of ether oxygens (including phenoxy) is 1. The third-order valence-corrected chi connectivity index (χ3v) is 3.20. The number of hydrogen-bond donors (Lipinski definition) is 1. The van der Waals surface area contributed by atoms with Gasteiger partial charge < -0.3 is 10.1 Å². The second-order valence-corrected chi connectivity index (χ2v) is 4.17. The second kappa shape index (κ2) is 4.37. The van der Waals surface area contributed by atoms with Crippen LogP contribution in [0.2, 0.25) is 0 Å². The zero-order valence-corrected chi connectivity index (χ0v) is 9.24. The molecule has 0 bridgehead atoms. The number of rotatable bonds is 3. The molecule has 1 aromatic rings. The van der Waals surface area contributed by atoms with Crippen LogP contribution in [0, 0.1) is 11.8 Å². The van der Waals surface area contributed by atoms with E-state index < -0.39 is 0 Å². The van der Waals surface area contributed by atoms with Crippen LogP contribution >= 0.6 is 12.4 Å². The van der Waals surface area contributed by atoms with Crippen LogP contribution in [0.3, 0.4) is 0 Å². The van der Waals surface area contributed by atoms with Crippen LogP contribution < -0.4 is 10.1 Å². The Kier molecular flexibility index (Phi) is 3.12. The summed E-state index contributed by atoms with van der Waals surface area (Å²) >= 11 is 0. The minimum atomic E-state index is 0. The highest BCUT2D eigenvalue weighted by Gasteiger charge is 2.48. The SMILES string of the molecule is Cl.c1cncc(OC[C@H]2NC[C@@H]3C[C@@H]32)c1. The van der Waals surface area contributed by atoms with Crippen molar-refractivity contribution >= 4 is 12.4 Å². The van der Waals surface area contributed by atoms with Gasteiger partial charge in [-0.05, 0) is 36.9 Å². The van der Waals surface area contributed by atoms with Crippen LogP contribution in [0.4, 0.5) is 0 Å². The zero-order valence-electron chi connectivity index (χ0n) is 8.43. The van der Waals surface area contributed by atoms with Crippen molar-refractivity contribution in [3.8, 4) is 5.75 Å². The van der Waals surface area contributed by atoms with E-state index in [0.717, 1.165) is 24.2 Å². The molecule has 0 amide bonds. The van der Waals surface area contributed by atoms with Gasteiger partial charge in [-0.2, -0.15) is 0 Å². The van der Waals surface area contributed by atoms with Crippen molar-refractivity contribution in [3.05, 3.63) is 24.5 Å². The lowest BCUT2D eigenvalue weighted by Crippen LogP contribution is -2.32. The largest absolute Gasteiger partial charge is 0.490 e. The number of aromatic nitrogens is 1. The molecule has 0 aromatic carbocycles. The Morgan fingerprint density at radius 3 is 3.07 bits per heavy atom. The Balaban J connectivity index is 0.000000853. The average Bonchev–Trinajstić information content (AvgIpc) is 2.92. The highest BCUT2D eigenvalue weighted by Crippen LogP contribution is 2.44. The molecule has 3 rings (SSSR count). The molecule has 1 N–H and O–H groups in total. The quantitative estimate of drug-likeness (QED) is 0.848. The number of piperidine rings is 1. The molecule has 0 radical (unpaired) electrons. The maximum atomic E-state index is 5.66. The van der Waals surface area contributed by atoms with E-state index in [-0.39, 0.29) is 12.4 Å². The van der Waals surface area contributed by atoms with E-state index in [4.69, 9.17) is 4.74 Å². The molecule has 0 spiro atoms. The molecule has 1 saturated carbocycles. The Morgan fingerprint density at radius 1 is 1.53 bits per heavy atom. The minimum Gasteiger partial charge on any atom is -0.490 e. The van der Waals surface area contributed by atoms with Gasteiger partial charge in [-0.15, -0.1) is 12.4 Å². The van der Waals surface area contributed by atoms with Gasteiger partial charge in [0.05, 0.1) is 6.20 Å². The van der Waals surface area contributed by atoms with Gasteiger partial charge in [0.15, 0.2) is 0 Å². The fraction of sp³-hybridized carbons (Fsp3) is 0.545. The first-order valence-electron chi connectivity index (χ1n) is 5.20. The molecule has 82 valence electrons. The number of halogens is 1. The third-order valence-electron chi connectivity index (χ3n) is 3.20. The van der Waals surface area contributed by atoms with E-state index in [0.29, 0.717) is 6.04 Å². The fourth-order valence-corrected chi connectivity index (χ4v) is 2.25. The summed E-state index contributed by atoms with van der Waals surface area (Å²) in [5, 5.41) is 3.48. The van der Waals surface area contributed by atoms with Crippen molar-refractivity contribution in [1.82, 2.24) is 10.3 Å². The normalized spacial score (nSPS) is 31.6. The van der Waals surface area contributed by atoms with Crippen molar-refractivity contribution < 1.29 is 4.74 Å². The number of nitrogens with one attached hydrogen (secondary N) is 1. The lowest BCUT2D eigenvalue weighted by atomic mass is 10.2. The van der Waals surface area contributed by atoms with Gasteiger partial charge in [0, 0.05) is 12.2 Å². The number of hydrogen-bond acceptors (Lipinski definition) is 3. The zero-order chi connectivity index (χ0) is 9.38. The summed E-state index contributed by atoms with van der Waals surface area (Å²) in [5.41, 5.74) is 0. The van der Waals surface area contributed by atoms with Gasteiger partial charge in [-0.25, -0.2) is 0 Å². The molecular formula is C11H15ClN2O. The first-order valence-corrected chi connectivity index (χ1v) is 5.20. The Hall–Kier alpha value is -0.800. The Morgan fingerprint density at radius 2 is 2.47 bits per heavy atom. The predicted octanol–water partition coefficient (Wildman–Crippen LogP) is 1.49. The first kappa shape index (κ1) is 10.7. The molecule has 0 unspecified atom stereocenters. The maximum absolute atomic E-state index is 5.66. The molecule has 1 aromatic heterocycles. The molecule has 1 saturated heterocycles. The topological polar surface area (TPSA) is 34.1 Å².